The van der Waals surface area contributed by atoms with Crippen LogP contribution >= 0.6 is 0 Å². The molecule has 1 aromatic heterocycles. The lowest BCUT2D eigenvalue weighted by Gasteiger charge is -2.12. The minimum atomic E-state index is -0.00342. The smallest absolute Gasteiger partial charge is 0.119 e. The minimum Gasteiger partial charge on any atom is -0.497 e. The van der Waals surface area contributed by atoms with Gasteiger partial charge in [-0.15, -0.1) is 0 Å². The van der Waals surface area contributed by atoms with Gasteiger partial charge in [0.1, 0.15) is 5.75 Å². The van der Waals surface area contributed by atoms with Crippen LogP contribution in [0.3, 0.4) is 0 Å². The van der Waals surface area contributed by atoms with Gasteiger partial charge >= 0.3 is 0 Å². The third-order valence-corrected chi connectivity index (χ3v) is 2.67. The average molecular weight is 216 g/mol. The van der Waals surface area contributed by atoms with Crippen LogP contribution in [0.25, 0.3) is 10.9 Å². The minimum absolute atomic E-state index is 0.00342. The number of nitrogens with zero attached hydrogens (tertiary/aromatic N) is 1. The molecule has 2 aromatic rings. The second-order valence-electron chi connectivity index (χ2n) is 4.02. The van der Waals surface area contributed by atoms with Crippen LogP contribution in [0.2, 0.25) is 0 Å². The van der Waals surface area contributed by atoms with Crippen LogP contribution in [0.5, 0.6) is 5.75 Å². The molecule has 0 bridgehead atoms. The lowest BCUT2D eigenvalue weighted by Crippen LogP contribution is -2.06. The van der Waals surface area contributed by atoms with Crippen molar-refractivity contribution in [1.82, 2.24) is 4.98 Å². The summed E-state index contributed by atoms with van der Waals surface area (Å²) in [6, 6.07) is 7.90. The highest BCUT2D eigenvalue weighted by molar-refractivity contribution is 5.84. The van der Waals surface area contributed by atoms with E-state index in [9.17, 15) is 0 Å². The topological polar surface area (TPSA) is 48.1 Å². The van der Waals surface area contributed by atoms with Crippen molar-refractivity contribution < 1.29 is 4.74 Å². The Bertz CT molecular complexity index is 521. The molecule has 0 radical (unpaired) electrons. The fourth-order valence-corrected chi connectivity index (χ4v) is 1.87. The van der Waals surface area contributed by atoms with Crippen LogP contribution in [0, 0.1) is 6.92 Å². The Morgan fingerprint density at radius 1 is 1.31 bits per heavy atom. The fraction of sp³-hybridized carbons (Fsp3) is 0.308. The standard InChI is InChI=1S/C13H16N2O/c1-8-6-11(9(2)14)12-7-10(16-3)4-5-13(12)15-8/h4-7,9H,14H2,1-3H3. The van der Waals surface area contributed by atoms with Crippen molar-refractivity contribution >= 4 is 10.9 Å². The molecule has 84 valence electrons. The Labute approximate surface area is 95.2 Å². The Hall–Kier alpha value is -1.61. The highest BCUT2D eigenvalue weighted by atomic mass is 16.5. The largest absolute Gasteiger partial charge is 0.497 e. The first-order chi connectivity index (χ1) is 7.61. The van der Waals surface area contributed by atoms with E-state index in [1.165, 1.54) is 0 Å². The van der Waals surface area contributed by atoms with Crippen molar-refractivity contribution in [3.05, 3.63) is 35.5 Å². The summed E-state index contributed by atoms with van der Waals surface area (Å²) in [5, 5.41) is 1.07. The number of methoxy groups -OCH3 is 1. The third-order valence-electron chi connectivity index (χ3n) is 2.67. The van der Waals surface area contributed by atoms with Gasteiger partial charge in [0, 0.05) is 17.1 Å². The molecule has 2 N–H and O–H groups in total. The Balaban J connectivity index is 2.75. The summed E-state index contributed by atoms with van der Waals surface area (Å²) in [7, 11) is 1.66. The molecule has 0 saturated carbocycles. The average Bonchev–Trinajstić information content (AvgIpc) is 2.27. The first-order valence-electron chi connectivity index (χ1n) is 5.32. The summed E-state index contributed by atoms with van der Waals surface area (Å²) in [5.74, 6) is 0.833. The molecule has 0 amide bonds. The quantitative estimate of drug-likeness (QED) is 0.839. The van der Waals surface area contributed by atoms with Crippen LogP contribution in [-0.4, -0.2) is 12.1 Å². The SMILES string of the molecule is COc1ccc2nc(C)cc(C(C)N)c2c1. The lowest BCUT2D eigenvalue weighted by atomic mass is 10.0. The number of rotatable bonds is 2. The summed E-state index contributed by atoms with van der Waals surface area (Å²) < 4.78 is 5.22. The number of nitrogens with two attached hydrogens (primary N) is 1. The van der Waals surface area contributed by atoms with E-state index in [0.717, 1.165) is 27.9 Å². The number of benzene rings is 1. The molecule has 1 aromatic carbocycles. The van der Waals surface area contributed by atoms with Crippen molar-refractivity contribution in [1.29, 1.82) is 0 Å². The van der Waals surface area contributed by atoms with Crippen molar-refractivity contribution in [2.45, 2.75) is 19.9 Å². The zero-order valence-corrected chi connectivity index (χ0v) is 9.82. The van der Waals surface area contributed by atoms with E-state index in [1.807, 2.05) is 38.1 Å². The molecule has 16 heavy (non-hydrogen) atoms. The molecule has 0 aliphatic rings. The van der Waals surface area contributed by atoms with Gasteiger partial charge in [-0.25, -0.2) is 0 Å². The number of aromatic nitrogens is 1. The maximum atomic E-state index is 5.97. The second-order valence-corrected chi connectivity index (χ2v) is 4.02. The summed E-state index contributed by atoms with van der Waals surface area (Å²) in [5.41, 5.74) is 9.04. The molecule has 0 saturated heterocycles. The van der Waals surface area contributed by atoms with Crippen molar-refractivity contribution in [3.8, 4) is 5.75 Å². The summed E-state index contributed by atoms with van der Waals surface area (Å²) in [4.78, 5) is 4.48. The fourth-order valence-electron chi connectivity index (χ4n) is 1.87. The monoisotopic (exact) mass is 216 g/mol. The van der Waals surface area contributed by atoms with Gasteiger partial charge in [-0.1, -0.05) is 0 Å². The van der Waals surface area contributed by atoms with Gasteiger partial charge in [0.05, 0.1) is 12.6 Å². The van der Waals surface area contributed by atoms with Crippen LogP contribution in [0.15, 0.2) is 24.3 Å². The number of ether oxygens (including phenoxy) is 1. The van der Waals surface area contributed by atoms with E-state index >= 15 is 0 Å². The van der Waals surface area contributed by atoms with Gasteiger partial charge in [0.2, 0.25) is 0 Å². The van der Waals surface area contributed by atoms with Gasteiger partial charge < -0.3 is 10.5 Å². The molecule has 1 atom stereocenters. The molecule has 2 rings (SSSR count). The second kappa shape index (κ2) is 4.10. The number of aryl methyl sites for hydroxylation is 1. The van der Waals surface area contributed by atoms with E-state index in [0.29, 0.717) is 0 Å². The number of hydrogen-bond donors (Lipinski definition) is 1. The zero-order chi connectivity index (χ0) is 11.7. The van der Waals surface area contributed by atoms with Gasteiger partial charge in [-0.3, -0.25) is 4.98 Å². The summed E-state index contributed by atoms with van der Waals surface area (Å²) >= 11 is 0. The normalized spacial score (nSPS) is 12.8. The lowest BCUT2D eigenvalue weighted by molar-refractivity contribution is 0.415. The first kappa shape index (κ1) is 10.9. The van der Waals surface area contributed by atoms with Gasteiger partial charge in [0.25, 0.3) is 0 Å². The predicted octanol–water partition coefficient (Wildman–Crippen LogP) is 2.57. The molecular weight excluding hydrogens is 200 g/mol. The molecule has 3 nitrogen and oxygen atoms in total. The third kappa shape index (κ3) is 1.86. The Kier molecular flexibility index (Phi) is 2.79. The Morgan fingerprint density at radius 2 is 2.06 bits per heavy atom. The van der Waals surface area contributed by atoms with Gasteiger partial charge in [-0.05, 0) is 43.7 Å². The maximum absolute atomic E-state index is 5.97. The molecule has 0 aliphatic carbocycles. The van der Waals surface area contributed by atoms with Crippen LogP contribution in [0.4, 0.5) is 0 Å². The maximum Gasteiger partial charge on any atom is 0.119 e. The van der Waals surface area contributed by atoms with E-state index in [1.54, 1.807) is 7.11 Å². The Morgan fingerprint density at radius 3 is 2.69 bits per heavy atom. The van der Waals surface area contributed by atoms with E-state index in [4.69, 9.17) is 10.5 Å². The molecule has 0 spiro atoms. The van der Waals surface area contributed by atoms with Crippen molar-refractivity contribution in [2.24, 2.45) is 5.73 Å². The highest BCUT2D eigenvalue weighted by Gasteiger charge is 2.08. The van der Waals surface area contributed by atoms with Gasteiger partial charge in [-0.2, -0.15) is 0 Å². The molecule has 1 heterocycles. The molecule has 1 unspecified atom stereocenters. The first-order valence-corrected chi connectivity index (χ1v) is 5.32. The summed E-state index contributed by atoms with van der Waals surface area (Å²) in [6.07, 6.45) is 0. The van der Waals surface area contributed by atoms with Crippen molar-refractivity contribution in [3.63, 3.8) is 0 Å². The number of pyridine rings is 1. The number of fused-ring (bicyclic) bond motifs is 1. The van der Waals surface area contributed by atoms with Gasteiger partial charge in [0.15, 0.2) is 0 Å². The molecule has 0 fully saturated rings. The molecule has 0 aliphatic heterocycles. The van der Waals surface area contributed by atoms with Crippen LogP contribution in [0.1, 0.15) is 24.2 Å². The van der Waals surface area contributed by atoms with Crippen LogP contribution < -0.4 is 10.5 Å². The van der Waals surface area contributed by atoms with Crippen molar-refractivity contribution in [2.75, 3.05) is 7.11 Å². The zero-order valence-electron chi connectivity index (χ0n) is 9.82. The number of hydrogen-bond acceptors (Lipinski definition) is 3. The molecule has 3 heteroatoms. The predicted molar refractivity (Wildman–Crippen MR) is 65.6 cm³/mol. The van der Waals surface area contributed by atoms with E-state index in [2.05, 4.69) is 4.98 Å². The van der Waals surface area contributed by atoms with E-state index < -0.39 is 0 Å². The summed E-state index contributed by atoms with van der Waals surface area (Å²) in [6.45, 7) is 3.96. The highest BCUT2D eigenvalue weighted by Crippen LogP contribution is 2.26. The van der Waals surface area contributed by atoms with E-state index in [-0.39, 0.29) is 6.04 Å². The van der Waals surface area contributed by atoms with Crippen LogP contribution in [-0.2, 0) is 0 Å². The molecular formula is C13H16N2O.